The summed E-state index contributed by atoms with van der Waals surface area (Å²) < 4.78 is 10.8. The number of likely N-dealkylation sites (tertiary alicyclic amines) is 1. The fourth-order valence-electron chi connectivity index (χ4n) is 2.90. The van der Waals surface area contributed by atoms with Gasteiger partial charge in [0.15, 0.2) is 5.96 Å². The Kier molecular flexibility index (Phi) is 12.2. The van der Waals surface area contributed by atoms with Crippen LogP contribution in [-0.2, 0) is 0 Å². The largest absolute Gasteiger partial charge is 0.497 e. The van der Waals surface area contributed by atoms with Crippen LogP contribution in [-0.4, -0.2) is 64.3 Å². The number of nitrogens with zero attached hydrogens (tertiary/aromatic N) is 2. The lowest BCUT2D eigenvalue weighted by Crippen LogP contribution is -2.39. The van der Waals surface area contributed by atoms with Crippen molar-refractivity contribution in [2.45, 2.75) is 25.7 Å². The number of nitrogens with one attached hydrogen (secondary N) is 2. The third kappa shape index (κ3) is 8.93. The van der Waals surface area contributed by atoms with Gasteiger partial charge in [-0.15, -0.1) is 24.0 Å². The van der Waals surface area contributed by atoms with Gasteiger partial charge in [0.1, 0.15) is 18.1 Å². The van der Waals surface area contributed by atoms with Gasteiger partial charge in [0.2, 0.25) is 0 Å². The summed E-state index contributed by atoms with van der Waals surface area (Å²) in [6.45, 7) is 6.04. The molecule has 0 amide bonds. The maximum absolute atomic E-state index is 5.69. The van der Waals surface area contributed by atoms with Gasteiger partial charge in [-0.25, -0.2) is 0 Å². The number of aliphatic imine (C=N–C) groups is 1. The van der Waals surface area contributed by atoms with Crippen molar-refractivity contribution in [3.63, 3.8) is 0 Å². The van der Waals surface area contributed by atoms with Gasteiger partial charge in [0.25, 0.3) is 0 Å². The SMILES string of the molecule is CN=C(NCCCCN1CCCC1)NCCOc1ccc(OC)cc1.I. The first-order chi connectivity index (χ1) is 12.3. The van der Waals surface area contributed by atoms with Crippen molar-refractivity contribution in [1.29, 1.82) is 0 Å². The zero-order valence-electron chi connectivity index (χ0n) is 16.0. The van der Waals surface area contributed by atoms with E-state index in [1.54, 1.807) is 14.2 Å². The summed E-state index contributed by atoms with van der Waals surface area (Å²) in [5.41, 5.74) is 0. The van der Waals surface area contributed by atoms with Crippen molar-refractivity contribution in [1.82, 2.24) is 15.5 Å². The third-order valence-electron chi connectivity index (χ3n) is 4.34. The van der Waals surface area contributed by atoms with Crippen LogP contribution in [0.3, 0.4) is 0 Å². The van der Waals surface area contributed by atoms with Gasteiger partial charge in [-0.05, 0) is 69.6 Å². The monoisotopic (exact) mass is 476 g/mol. The van der Waals surface area contributed by atoms with Crippen molar-refractivity contribution in [2.24, 2.45) is 4.99 Å². The number of rotatable bonds is 10. The molecule has 7 heteroatoms. The van der Waals surface area contributed by atoms with Gasteiger partial charge in [-0.2, -0.15) is 0 Å². The smallest absolute Gasteiger partial charge is 0.191 e. The second-order valence-electron chi connectivity index (χ2n) is 6.21. The van der Waals surface area contributed by atoms with Crippen LogP contribution in [0.2, 0.25) is 0 Å². The quantitative estimate of drug-likeness (QED) is 0.236. The number of halogens is 1. The summed E-state index contributed by atoms with van der Waals surface area (Å²) >= 11 is 0. The van der Waals surface area contributed by atoms with Crippen LogP contribution < -0.4 is 20.1 Å². The molecule has 26 heavy (non-hydrogen) atoms. The van der Waals surface area contributed by atoms with E-state index in [1.807, 2.05) is 24.3 Å². The Balaban J connectivity index is 0.00000338. The summed E-state index contributed by atoms with van der Waals surface area (Å²) in [5.74, 6) is 2.51. The number of benzene rings is 1. The van der Waals surface area contributed by atoms with Crippen LogP contribution in [0.25, 0.3) is 0 Å². The second-order valence-corrected chi connectivity index (χ2v) is 6.21. The second kappa shape index (κ2) is 13.9. The molecule has 6 nitrogen and oxygen atoms in total. The van der Waals surface area contributed by atoms with Crippen LogP contribution in [0.1, 0.15) is 25.7 Å². The molecule has 1 heterocycles. The Morgan fingerprint density at radius 3 is 2.35 bits per heavy atom. The summed E-state index contributed by atoms with van der Waals surface area (Å²) in [5, 5.41) is 6.63. The molecule has 0 unspecified atom stereocenters. The highest BCUT2D eigenvalue weighted by Crippen LogP contribution is 2.16. The molecule has 0 aliphatic carbocycles. The molecule has 0 atom stereocenters. The Morgan fingerprint density at radius 1 is 1.04 bits per heavy atom. The van der Waals surface area contributed by atoms with E-state index in [0.717, 1.165) is 24.0 Å². The van der Waals surface area contributed by atoms with Crippen LogP contribution in [0, 0.1) is 0 Å². The lowest BCUT2D eigenvalue weighted by molar-refractivity contribution is 0.320. The zero-order valence-corrected chi connectivity index (χ0v) is 18.3. The first-order valence-electron chi connectivity index (χ1n) is 9.25. The van der Waals surface area contributed by atoms with Crippen LogP contribution >= 0.6 is 24.0 Å². The molecule has 1 aromatic rings. The Morgan fingerprint density at radius 2 is 1.69 bits per heavy atom. The fraction of sp³-hybridized carbons (Fsp3) is 0.632. The molecule has 1 saturated heterocycles. The van der Waals surface area contributed by atoms with E-state index in [4.69, 9.17) is 9.47 Å². The van der Waals surface area contributed by atoms with E-state index in [0.29, 0.717) is 13.2 Å². The van der Waals surface area contributed by atoms with Gasteiger partial charge in [-0.3, -0.25) is 4.99 Å². The maximum Gasteiger partial charge on any atom is 0.191 e. The van der Waals surface area contributed by atoms with Gasteiger partial charge >= 0.3 is 0 Å². The molecule has 1 fully saturated rings. The maximum atomic E-state index is 5.69. The number of hydrogen-bond donors (Lipinski definition) is 2. The number of guanidine groups is 1. The van der Waals surface area contributed by atoms with Gasteiger partial charge in [0.05, 0.1) is 13.7 Å². The molecule has 0 spiro atoms. The summed E-state index contributed by atoms with van der Waals surface area (Å²) in [6, 6.07) is 7.61. The molecule has 2 rings (SSSR count). The molecule has 0 radical (unpaired) electrons. The van der Waals surface area contributed by atoms with E-state index >= 15 is 0 Å². The fourth-order valence-corrected chi connectivity index (χ4v) is 2.90. The van der Waals surface area contributed by atoms with Crippen molar-refractivity contribution in [3.05, 3.63) is 24.3 Å². The topological polar surface area (TPSA) is 58.1 Å². The summed E-state index contributed by atoms with van der Waals surface area (Å²) in [6.07, 6.45) is 5.14. The van der Waals surface area contributed by atoms with E-state index in [2.05, 4.69) is 20.5 Å². The Hall–Kier alpha value is -1.22. The normalized spacial score (nSPS) is 14.6. The minimum atomic E-state index is 0. The van der Waals surface area contributed by atoms with Crippen molar-refractivity contribution in [3.8, 4) is 11.5 Å². The minimum absolute atomic E-state index is 0. The van der Waals surface area contributed by atoms with E-state index in [1.165, 1.54) is 45.3 Å². The molecule has 2 N–H and O–H groups in total. The van der Waals surface area contributed by atoms with Crippen LogP contribution in [0.15, 0.2) is 29.3 Å². The first kappa shape index (κ1) is 22.8. The zero-order chi connectivity index (χ0) is 17.7. The molecule has 0 aromatic heterocycles. The van der Waals surface area contributed by atoms with Gasteiger partial charge < -0.3 is 25.0 Å². The molecule has 148 valence electrons. The number of methoxy groups -OCH3 is 1. The Bertz CT molecular complexity index is 505. The highest BCUT2D eigenvalue weighted by molar-refractivity contribution is 14.0. The van der Waals surface area contributed by atoms with Crippen molar-refractivity contribution < 1.29 is 9.47 Å². The van der Waals surface area contributed by atoms with E-state index in [9.17, 15) is 0 Å². The van der Waals surface area contributed by atoms with Gasteiger partial charge in [0, 0.05) is 13.6 Å². The molecule has 0 bridgehead atoms. The third-order valence-corrected chi connectivity index (χ3v) is 4.34. The van der Waals surface area contributed by atoms with Crippen LogP contribution in [0.5, 0.6) is 11.5 Å². The lowest BCUT2D eigenvalue weighted by Gasteiger charge is -2.15. The Labute approximate surface area is 174 Å². The molecule has 1 aliphatic heterocycles. The van der Waals surface area contributed by atoms with E-state index < -0.39 is 0 Å². The van der Waals surface area contributed by atoms with Gasteiger partial charge in [-0.1, -0.05) is 0 Å². The summed E-state index contributed by atoms with van der Waals surface area (Å²) in [4.78, 5) is 6.80. The number of ether oxygens (including phenoxy) is 2. The summed E-state index contributed by atoms with van der Waals surface area (Å²) in [7, 11) is 3.45. The first-order valence-corrected chi connectivity index (χ1v) is 9.25. The average Bonchev–Trinajstić information content (AvgIpc) is 3.17. The molecular formula is C19H33IN4O2. The standard InChI is InChI=1S/C19H32N4O2.HI/c1-20-19(21-11-3-4-13-23-14-5-6-15-23)22-12-16-25-18-9-7-17(24-2)8-10-18;/h7-10H,3-6,11-16H2,1-2H3,(H2,20,21,22);1H. The molecule has 1 aliphatic rings. The number of unbranched alkanes of at least 4 members (excludes halogenated alkanes) is 1. The number of hydrogen-bond acceptors (Lipinski definition) is 4. The predicted molar refractivity (Wildman–Crippen MR) is 118 cm³/mol. The highest BCUT2D eigenvalue weighted by atomic mass is 127. The van der Waals surface area contributed by atoms with Crippen molar-refractivity contribution >= 4 is 29.9 Å². The van der Waals surface area contributed by atoms with E-state index in [-0.39, 0.29) is 24.0 Å². The molecule has 0 saturated carbocycles. The predicted octanol–water partition coefficient (Wildman–Crippen LogP) is 2.73. The average molecular weight is 476 g/mol. The molecular weight excluding hydrogens is 443 g/mol. The minimum Gasteiger partial charge on any atom is -0.497 e. The van der Waals surface area contributed by atoms with Crippen LogP contribution in [0.4, 0.5) is 0 Å². The molecule has 1 aromatic carbocycles. The lowest BCUT2D eigenvalue weighted by atomic mass is 10.3. The highest BCUT2D eigenvalue weighted by Gasteiger charge is 2.09. The van der Waals surface area contributed by atoms with Crippen molar-refractivity contribution in [2.75, 3.05) is 53.5 Å².